The molecule has 56 valence electrons. The van der Waals surface area contributed by atoms with E-state index in [0.717, 1.165) is 0 Å². The summed E-state index contributed by atoms with van der Waals surface area (Å²) in [6, 6.07) is 0. The van der Waals surface area contributed by atoms with E-state index in [4.69, 9.17) is 34.8 Å². The lowest BCUT2D eigenvalue weighted by Crippen LogP contribution is -2.39. The van der Waals surface area contributed by atoms with Crippen molar-refractivity contribution in [2.45, 2.75) is 11.9 Å². The second-order valence-corrected chi connectivity index (χ2v) is 3.60. The third-order valence-electron chi connectivity index (χ3n) is 0.943. The fraction of sp³-hybridized carbons (Fsp3) is 0.400. The molecule has 0 saturated heterocycles. The zero-order valence-electron chi connectivity index (χ0n) is 5.16. The molecule has 0 aromatic rings. The van der Waals surface area contributed by atoms with Crippen LogP contribution in [0.3, 0.4) is 0 Å². The molecule has 0 aliphatic carbocycles. The highest BCUT2D eigenvalue weighted by Gasteiger charge is 2.22. The lowest BCUT2D eigenvalue weighted by molar-refractivity contribution is 0.717. The number of rotatable bonds is 0. The standard InChI is InChI=1S/C5H5Cl3N2/c1-5(8)2-3(6)9-4(7)10-5/h2H,1H3,(H,9,10). The molecule has 1 heterocycles. The van der Waals surface area contributed by atoms with Gasteiger partial charge in [-0.15, -0.1) is 0 Å². The number of hydrogen-bond donors (Lipinski definition) is 1. The summed E-state index contributed by atoms with van der Waals surface area (Å²) in [5, 5.41) is 3.23. The van der Waals surface area contributed by atoms with Gasteiger partial charge in [0.15, 0.2) is 5.29 Å². The first-order valence-corrected chi connectivity index (χ1v) is 3.73. The van der Waals surface area contributed by atoms with Crippen LogP contribution >= 0.6 is 34.8 Å². The van der Waals surface area contributed by atoms with E-state index >= 15 is 0 Å². The first kappa shape index (κ1) is 8.18. The molecule has 0 bridgehead atoms. The number of halogens is 3. The molecule has 0 saturated carbocycles. The van der Waals surface area contributed by atoms with Crippen LogP contribution in [-0.2, 0) is 0 Å². The Hall–Kier alpha value is 0.0800. The first-order chi connectivity index (χ1) is 4.49. The van der Waals surface area contributed by atoms with Crippen molar-refractivity contribution in [3.8, 4) is 0 Å². The van der Waals surface area contributed by atoms with Gasteiger partial charge >= 0.3 is 0 Å². The molecule has 1 N–H and O–H groups in total. The van der Waals surface area contributed by atoms with Crippen molar-refractivity contribution in [3.63, 3.8) is 0 Å². The third kappa shape index (κ3) is 2.04. The van der Waals surface area contributed by atoms with E-state index < -0.39 is 5.00 Å². The summed E-state index contributed by atoms with van der Waals surface area (Å²) < 4.78 is 0. The number of nitrogens with one attached hydrogen (secondary N) is 1. The number of nitrogens with zero attached hydrogens (tertiary/aromatic N) is 1. The monoisotopic (exact) mass is 198 g/mol. The number of alkyl halides is 1. The Morgan fingerprint density at radius 2 is 2.20 bits per heavy atom. The van der Waals surface area contributed by atoms with Gasteiger partial charge in [0.2, 0.25) is 0 Å². The van der Waals surface area contributed by atoms with Crippen molar-refractivity contribution in [3.05, 3.63) is 11.2 Å². The molecule has 5 heteroatoms. The smallest absolute Gasteiger partial charge is 0.198 e. The normalized spacial score (nSPS) is 32.4. The minimum atomic E-state index is -0.712. The first-order valence-electron chi connectivity index (χ1n) is 2.59. The van der Waals surface area contributed by atoms with E-state index in [0.29, 0.717) is 5.16 Å². The van der Waals surface area contributed by atoms with Crippen LogP contribution in [0.4, 0.5) is 0 Å². The van der Waals surface area contributed by atoms with Crippen LogP contribution in [0, 0.1) is 0 Å². The summed E-state index contributed by atoms with van der Waals surface area (Å²) in [4.78, 5) is 2.98. The number of amidine groups is 1. The molecule has 0 amide bonds. The highest BCUT2D eigenvalue weighted by molar-refractivity contribution is 6.65. The second kappa shape index (κ2) is 2.61. The van der Waals surface area contributed by atoms with Crippen LogP contribution in [0.15, 0.2) is 16.2 Å². The predicted octanol–water partition coefficient (Wildman–Crippen LogP) is 2.22. The average molecular weight is 199 g/mol. The topological polar surface area (TPSA) is 24.4 Å². The molecular formula is C5H5Cl3N2. The van der Waals surface area contributed by atoms with E-state index in [2.05, 4.69) is 10.3 Å². The molecule has 1 aliphatic heterocycles. The van der Waals surface area contributed by atoms with Gasteiger partial charge in [-0.2, -0.15) is 0 Å². The van der Waals surface area contributed by atoms with E-state index in [1.54, 1.807) is 13.0 Å². The summed E-state index contributed by atoms with van der Waals surface area (Å²) in [5.74, 6) is 0. The van der Waals surface area contributed by atoms with Crippen molar-refractivity contribution < 1.29 is 0 Å². The quantitative estimate of drug-likeness (QED) is 0.469. The fourth-order valence-electron chi connectivity index (χ4n) is 0.615. The summed E-state index contributed by atoms with van der Waals surface area (Å²) in [6.45, 7) is 1.73. The Morgan fingerprint density at radius 1 is 1.60 bits per heavy atom. The Kier molecular flexibility index (Phi) is 2.13. The third-order valence-corrected chi connectivity index (χ3v) is 1.52. The van der Waals surface area contributed by atoms with Gasteiger partial charge in [-0.05, 0) is 24.6 Å². The van der Waals surface area contributed by atoms with E-state index in [-0.39, 0.29) is 5.29 Å². The van der Waals surface area contributed by atoms with Gasteiger partial charge < -0.3 is 5.32 Å². The lowest BCUT2D eigenvalue weighted by atomic mass is 10.3. The van der Waals surface area contributed by atoms with Crippen molar-refractivity contribution in [2.24, 2.45) is 4.99 Å². The van der Waals surface area contributed by atoms with Crippen LogP contribution in [-0.4, -0.2) is 10.3 Å². The lowest BCUT2D eigenvalue weighted by Gasteiger charge is -2.22. The van der Waals surface area contributed by atoms with Crippen LogP contribution < -0.4 is 5.32 Å². The van der Waals surface area contributed by atoms with Gasteiger partial charge in [0.1, 0.15) is 10.2 Å². The number of hydrogen-bond acceptors (Lipinski definition) is 2. The molecule has 0 radical (unpaired) electrons. The molecule has 1 aliphatic rings. The SMILES string of the molecule is CC1(Cl)C=C(Cl)N=C(Cl)N1. The van der Waals surface area contributed by atoms with E-state index in [1.165, 1.54) is 0 Å². The Bertz CT molecular complexity index is 207. The maximum absolute atomic E-state index is 5.82. The molecule has 2 nitrogen and oxygen atoms in total. The Balaban J connectivity index is 2.88. The molecule has 1 atom stereocenters. The highest BCUT2D eigenvalue weighted by atomic mass is 35.5. The van der Waals surface area contributed by atoms with E-state index in [9.17, 15) is 0 Å². The van der Waals surface area contributed by atoms with Crippen LogP contribution in [0.2, 0.25) is 0 Å². The average Bonchev–Trinajstić information content (AvgIpc) is 1.54. The molecule has 0 spiro atoms. The highest BCUT2D eigenvalue weighted by Crippen LogP contribution is 2.21. The molecule has 1 unspecified atom stereocenters. The van der Waals surface area contributed by atoms with Crippen molar-refractivity contribution in [2.75, 3.05) is 0 Å². The van der Waals surface area contributed by atoms with Gasteiger partial charge in [-0.25, -0.2) is 4.99 Å². The summed E-state index contributed by atoms with van der Waals surface area (Å²) in [5.41, 5.74) is 0. The molecule has 0 aromatic heterocycles. The summed E-state index contributed by atoms with van der Waals surface area (Å²) in [7, 11) is 0. The largest absolute Gasteiger partial charge is 0.339 e. The number of aliphatic imine (C=N–C) groups is 1. The summed E-state index contributed by atoms with van der Waals surface area (Å²) >= 11 is 16.9. The molecule has 1 rings (SSSR count). The van der Waals surface area contributed by atoms with Crippen LogP contribution in [0.1, 0.15) is 6.92 Å². The van der Waals surface area contributed by atoms with Crippen LogP contribution in [0.25, 0.3) is 0 Å². The Morgan fingerprint density at radius 3 is 2.60 bits per heavy atom. The zero-order valence-corrected chi connectivity index (χ0v) is 7.43. The fourth-order valence-corrected chi connectivity index (χ4v) is 1.55. The van der Waals surface area contributed by atoms with E-state index in [1.807, 2.05) is 0 Å². The Labute approximate surface area is 73.9 Å². The molecule has 10 heavy (non-hydrogen) atoms. The van der Waals surface area contributed by atoms with Crippen molar-refractivity contribution >= 4 is 40.1 Å². The minimum Gasteiger partial charge on any atom is -0.339 e. The van der Waals surface area contributed by atoms with Gasteiger partial charge in [0, 0.05) is 0 Å². The predicted molar refractivity (Wildman–Crippen MR) is 44.6 cm³/mol. The van der Waals surface area contributed by atoms with Gasteiger partial charge in [0.25, 0.3) is 0 Å². The second-order valence-electron chi connectivity index (χ2n) is 2.07. The van der Waals surface area contributed by atoms with Gasteiger partial charge in [-0.3, -0.25) is 0 Å². The summed E-state index contributed by atoms with van der Waals surface area (Å²) in [6.07, 6.45) is 1.57. The molecule has 0 aromatic carbocycles. The molecular weight excluding hydrogens is 194 g/mol. The molecule has 0 fully saturated rings. The zero-order chi connectivity index (χ0) is 7.78. The van der Waals surface area contributed by atoms with Crippen molar-refractivity contribution in [1.29, 1.82) is 0 Å². The maximum Gasteiger partial charge on any atom is 0.198 e. The minimum absolute atomic E-state index is 0.213. The maximum atomic E-state index is 5.82. The van der Waals surface area contributed by atoms with Gasteiger partial charge in [-0.1, -0.05) is 23.2 Å². The van der Waals surface area contributed by atoms with Crippen LogP contribution in [0.5, 0.6) is 0 Å². The van der Waals surface area contributed by atoms with Crippen molar-refractivity contribution in [1.82, 2.24) is 5.32 Å². The van der Waals surface area contributed by atoms with Gasteiger partial charge in [0.05, 0.1) is 0 Å².